The van der Waals surface area contributed by atoms with Gasteiger partial charge in [0.2, 0.25) is 0 Å². The molecule has 0 amide bonds. The third-order valence-electron chi connectivity index (χ3n) is 9.89. The molecule has 0 aliphatic heterocycles. The first kappa shape index (κ1) is 27.8. The van der Waals surface area contributed by atoms with Gasteiger partial charge in [0.25, 0.3) is 0 Å². The highest BCUT2D eigenvalue weighted by Gasteiger charge is 2.35. The van der Waals surface area contributed by atoms with E-state index < -0.39 is 0 Å². The Morgan fingerprint density at radius 3 is 1.72 bits per heavy atom. The maximum atomic E-state index is 2.41. The van der Waals surface area contributed by atoms with E-state index in [1.54, 1.807) is 0 Å². The van der Waals surface area contributed by atoms with Gasteiger partial charge in [-0.15, -0.1) is 11.3 Å². The van der Waals surface area contributed by atoms with Gasteiger partial charge in [-0.2, -0.15) is 0 Å². The molecule has 9 rings (SSSR count). The van der Waals surface area contributed by atoms with E-state index in [1.807, 2.05) is 11.3 Å². The summed E-state index contributed by atoms with van der Waals surface area (Å²) in [5, 5.41) is 2.66. The molecule has 47 heavy (non-hydrogen) atoms. The maximum absolute atomic E-state index is 2.41. The minimum Gasteiger partial charge on any atom is -0.310 e. The number of nitrogens with zero attached hydrogens (tertiary/aromatic N) is 1. The van der Waals surface area contributed by atoms with Crippen LogP contribution in [0.5, 0.6) is 0 Å². The highest BCUT2D eigenvalue weighted by atomic mass is 32.1. The minimum absolute atomic E-state index is 0.0703. The summed E-state index contributed by atoms with van der Waals surface area (Å²) in [5.74, 6) is 0. The number of hydrogen-bond donors (Lipinski definition) is 0. The Bertz CT molecular complexity index is 2410. The van der Waals surface area contributed by atoms with Gasteiger partial charge in [-0.3, -0.25) is 0 Å². The molecule has 0 radical (unpaired) electrons. The molecule has 2 heteroatoms. The smallest absolute Gasteiger partial charge is 0.0465 e. The van der Waals surface area contributed by atoms with Crippen LogP contribution in [-0.4, -0.2) is 0 Å². The zero-order valence-electron chi connectivity index (χ0n) is 26.4. The first-order valence-corrected chi connectivity index (χ1v) is 17.1. The van der Waals surface area contributed by atoms with Gasteiger partial charge in [0, 0.05) is 42.6 Å². The largest absolute Gasteiger partial charge is 0.310 e. The van der Waals surface area contributed by atoms with Crippen LogP contribution in [0.25, 0.3) is 53.6 Å². The zero-order chi connectivity index (χ0) is 31.5. The molecule has 1 heterocycles. The van der Waals surface area contributed by atoms with Gasteiger partial charge in [0.05, 0.1) is 0 Å². The molecule has 0 saturated heterocycles. The zero-order valence-corrected chi connectivity index (χ0v) is 27.3. The van der Waals surface area contributed by atoms with E-state index in [2.05, 4.69) is 183 Å². The molecule has 224 valence electrons. The molecule has 8 aromatic rings. The summed E-state index contributed by atoms with van der Waals surface area (Å²) in [6, 6.07) is 60.1. The molecular formula is C45H33NS. The Morgan fingerprint density at radius 1 is 0.404 bits per heavy atom. The molecule has 7 aromatic carbocycles. The highest BCUT2D eigenvalue weighted by Crippen LogP contribution is 2.50. The summed E-state index contributed by atoms with van der Waals surface area (Å²) in [4.78, 5) is 2.40. The van der Waals surface area contributed by atoms with E-state index in [4.69, 9.17) is 0 Å². The summed E-state index contributed by atoms with van der Waals surface area (Å²) in [6.45, 7) is 4.70. The monoisotopic (exact) mass is 619 g/mol. The van der Waals surface area contributed by atoms with E-state index >= 15 is 0 Å². The lowest BCUT2D eigenvalue weighted by Crippen LogP contribution is -2.16. The lowest BCUT2D eigenvalue weighted by atomic mass is 9.82. The molecule has 1 aromatic heterocycles. The molecule has 0 saturated carbocycles. The molecule has 0 spiro atoms. The molecule has 1 aliphatic carbocycles. The van der Waals surface area contributed by atoms with Crippen molar-refractivity contribution in [3.05, 3.63) is 175 Å². The van der Waals surface area contributed by atoms with Crippen molar-refractivity contribution in [1.82, 2.24) is 0 Å². The van der Waals surface area contributed by atoms with Crippen molar-refractivity contribution in [3.63, 3.8) is 0 Å². The third kappa shape index (κ3) is 4.60. The van der Waals surface area contributed by atoms with Crippen LogP contribution < -0.4 is 4.90 Å². The van der Waals surface area contributed by atoms with Gasteiger partial charge >= 0.3 is 0 Å². The Labute approximate surface area is 280 Å². The van der Waals surface area contributed by atoms with Gasteiger partial charge in [-0.05, 0) is 99.1 Å². The SMILES string of the molecule is CC1(C)c2ccccc2-c2ccc(N(c3ccc(-c4ccccc4)cc3)c3ccc(-c4ccc5sc6ccccc6c5c4)cc3)cc21. The predicted molar refractivity (Wildman–Crippen MR) is 202 cm³/mol. The van der Waals surface area contributed by atoms with E-state index in [-0.39, 0.29) is 5.41 Å². The molecule has 1 nitrogen and oxygen atoms in total. The van der Waals surface area contributed by atoms with Crippen LogP contribution in [0, 0.1) is 0 Å². The fourth-order valence-electron chi connectivity index (χ4n) is 7.42. The third-order valence-corrected chi connectivity index (χ3v) is 11.0. The first-order valence-electron chi connectivity index (χ1n) is 16.3. The van der Waals surface area contributed by atoms with Crippen molar-refractivity contribution >= 4 is 48.6 Å². The van der Waals surface area contributed by atoms with Gasteiger partial charge in [-0.25, -0.2) is 0 Å². The molecule has 0 bridgehead atoms. The van der Waals surface area contributed by atoms with Crippen LogP contribution in [0.15, 0.2) is 164 Å². The van der Waals surface area contributed by atoms with Crippen LogP contribution >= 0.6 is 11.3 Å². The Balaban J connectivity index is 1.14. The van der Waals surface area contributed by atoms with Crippen molar-refractivity contribution in [2.45, 2.75) is 19.3 Å². The molecule has 0 atom stereocenters. The van der Waals surface area contributed by atoms with Crippen molar-refractivity contribution < 1.29 is 0 Å². The summed E-state index contributed by atoms with van der Waals surface area (Å²) in [7, 11) is 0. The highest BCUT2D eigenvalue weighted by molar-refractivity contribution is 7.25. The van der Waals surface area contributed by atoms with Crippen molar-refractivity contribution in [3.8, 4) is 33.4 Å². The molecular weight excluding hydrogens is 587 g/mol. The average molecular weight is 620 g/mol. The fraction of sp³-hybridized carbons (Fsp3) is 0.0667. The van der Waals surface area contributed by atoms with Crippen molar-refractivity contribution in [1.29, 1.82) is 0 Å². The van der Waals surface area contributed by atoms with Crippen molar-refractivity contribution in [2.75, 3.05) is 4.90 Å². The van der Waals surface area contributed by atoms with E-state index in [1.165, 1.54) is 64.7 Å². The lowest BCUT2D eigenvalue weighted by Gasteiger charge is -2.28. The lowest BCUT2D eigenvalue weighted by molar-refractivity contribution is 0.660. The van der Waals surface area contributed by atoms with Crippen LogP contribution in [0.2, 0.25) is 0 Å². The Hall–Kier alpha value is -5.44. The second-order valence-electron chi connectivity index (χ2n) is 13.0. The number of anilines is 3. The van der Waals surface area contributed by atoms with E-state index in [0.717, 1.165) is 17.1 Å². The normalized spacial score (nSPS) is 13.1. The van der Waals surface area contributed by atoms with Crippen LogP contribution in [-0.2, 0) is 5.41 Å². The number of fused-ring (bicyclic) bond motifs is 6. The molecule has 0 unspecified atom stereocenters. The van der Waals surface area contributed by atoms with Crippen LogP contribution in [0.3, 0.4) is 0 Å². The predicted octanol–water partition coefficient (Wildman–Crippen LogP) is 13.2. The summed E-state index contributed by atoms with van der Waals surface area (Å²) >= 11 is 1.86. The molecule has 0 N–H and O–H groups in total. The van der Waals surface area contributed by atoms with Crippen LogP contribution in [0.1, 0.15) is 25.0 Å². The summed E-state index contributed by atoms with van der Waals surface area (Å²) in [5.41, 5.74) is 13.7. The average Bonchev–Trinajstić information content (AvgIpc) is 3.61. The first-order chi connectivity index (χ1) is 23.0. The van der Waals surface area contributed by atoms with E-state index in [9.17, 15) is 0 Å². The van der Waals surface area contributed by atoms with Crippen molar-refractivity contribution in [2.24, 2.45) is 0 Å². The maximum Gasteiger partial charge on any atom is 0.0465 e. The summed E-state index contributed by atoms with van der Waals surface area (Å²) < 4.78 is 2.67. The topological polar surface area (TPSA) is 3.24 Å². The quantitative estimate of drug-likeness (QED) is 0.185. The summed E-state index contributed by atoms with van der Waals surface area (Å²) in [6.07, 6.45) is 0. The molecule has 0 fully saturated rings. The van der Waals surface area contributed by atoms with Gasteiger partial charge in [-0.1, -0.05) is 123 Å². The van der Waals surface area contributed by atoms with Gasteiger partial charge in [0.1, 0.15) is 0 Å². The second-order valence-corrected chi connectivity index (χ2v) is 14.1. The minimum atomic E-state index is -0.0703. The Kier molecular flexibility index (Phi) is 6.41. The van der Waals surface area contributed by atoms with Gasteiger partial charge < -0.3 is 4.90 Å². The number of benzene rings is 7. The number of hydrogen-bond acceptors (Lipinski definition) is 2. The number of thiophene rings is 1. The standard InChI is InChI=1S/C45H33NS/c1-45(2)41-14-8-6-12-37(41)38-26-25-36(29-42(38)45)46(34-21-16-31(17-22-34)30-10-4-3-5-11-30)35-23-18-32(19-24-35)33-20-27-44-40(28-33)39-13-7-9-15-43(39)47-44/h3-29H,1-2H3. The molecule has 1 aliphatic rings. The van der Waals surface area contributed by atoms with E-state index in [0.29, 0.717) is 0 Å². The fourth-order valence-corrected chi connectivity index (χ4v) is 8.51. The Morgan fingerprint density at radius 2 is 0.957 bits per heavy atom. The van der Waals surface area contributed by atoms with Gasteiger partial charge in [0.15, 0.2) is 0 Å². The van der Waals surface area contributed by atoms with Crippen LogP contribution in [0.4, 0.5) is 17.1 Å². The second kappa shape index (κ2) is 10.8. The number of rotatable bonds is 5.